The Kier molecular flexibility index (Phi) is 8.17. The molecule has 1 aromatic carbocycles. The van der Waals surface area contributed by atoms with Gasteiger partial charge in [-0.15, -0.1) is 0 Å². The maximum absolute atomic E-state index is 13.2. The van der Waals surface area contributed by atoms with Gasteiger partial charge in [-0.3, -0.25) is 0 Å². The Balaban J connectivity index is 1.61. The Bertz CT molecular complexity index is 821. The molecule has 7 nitrogen and oxygen atoms in total. The van der Waals surface area contributed by atoms with Crippen molar-refractivity contribution in [3.8, 4) is 5.75 Å². The monoisotopic (exact) mass is 429 g/mol. The number of urea groups is 1. The van der Waals surface area contributed by atoms with Crippen LogP contribution in [0.15, 0.2) is 36.7 Å². The Labute approximate surface area is 183 Å². The quantitative estimate of drug-likeness (QED) is 0.696. The van der Waals surface area contributed by atoms with Crippen LogP contribution in [0.5, 0.6) is 5.75 Å². The van der Waals surface area contributed by atoms with Crippen molar-refractivity contribution in [2.24, 2.45) is 5.92 Å². The topological polar surface area (TPSA) is 70.6 Å². The lowest BCUT2D eigenvalue weighted by molar-refractivity contribution is 0.125. The van der Waals surface area contributed by atoms with E-state index in [4.69, 9.17) is 4.74 Å². The number of halogens is 1. The summed E-state index contributed by atoms with van der Waals surface area (Å²) in [5.74, 6) is 1.24. The highest BCUT2D eigenvalue weighted by Gasteiger charge is 2.27. The molecule has 2 heterocycles. The highest BCUT2D eigenvalue weighted by molar-refractivity contribution is 5.74. The lowest BCUT2D eigenvalue weighted by Gasteiger charge is -2.37. The van der Waals surface area contributed by atoms with Crippen LogP contribution in [0.2, 0.25) is 0 Å². The minimum Gasteiger partial charge on any atom is -0.493 e. The number of nitrogens with zero attached hydrogens (tertiary/aromatic N) is 4. The first kappa shape index (κ1) is 22.9. The van der Waals surface area contributed by atoms with E-state index >= 15 is 0 Å². The zero-order valence-corrected chi connectivity index (χ0v) is 18.6. The summed E-state index contributed by atoms with van der Waals surface area (Å²) in [5.41, 5.74) is 0.992. The number of hydrogen-bond donors (Lipinski definition) is 1. The largest absolute Gasteiger partial charge is 0.493 e. The van der Waals surface area contributed by atoms with Crippen molar-refractivity contribution in [3.63, 3.8) is 0 Å². The number of likely N-dealkylation sites (tertiary alicyclic amines) is 1. The molecule has 0 spiro atoms. The normalized spacial score (nSPS) is 15.1. The lowest BCUT2D eigenvalue weighted by atomic mass is 10.0. The van der Waals surface area contributed by atoms with Crippen molar-refractivity contribution < 1.29 is 13.9 Å². The summed E-state index contributed by atoms with van der Waals surface area (Å²) in [6.07, 6.45) is 4.03. The molecule has 0 bridgehead atoms. The van der Waals surface area contributed by atoms with Gasteiger partial charge in [-0.25, -0.2) is 19.2 Å². The molecule has 1 aromatic heterocycles. The molecular formula is C23H32FN5O2. The fraction of sp³-hybridized carbons (Fsp3) is 0.522. The predicted octanol–water partition coefficient (Wildman–Crippen LogP) is 3.46. The number of hydrogen-bond acceptors (Lipinski definition) is 5. The van der Waals surface area contributed by atoms with E-state index in [2.05, 4.69) is 41.1 Å². The van der Waals surface area contributed by atoms with E-state index in [0.717, 1.165) is 49.6 Å². The second-order valence-corrected chi connectivity index (χ2v) is 8.49. The molecule has 1 aliphatic rings. The number of piperidine rings is 1. The average molecular weight is 430 g/mol. The number of amides is 2. The van der Waals surface area contributed by atoms with Gasteiger partial charge in [0, 0.05) is 12.6 Å². The number of rotatable bonds is 8. The van der Waals surface area contributed by atoms with E-state index in [1.165, 1.54) is 0 Å². The number of carbonyl (C=O) groups is 1. The van der Waals surface area contributed by atoms with Crippen LogP contribution in [0.3, 0.4) is 0 Å². The molecule has 1 N–H and O–H groups in total. The lowest BCUT2D eigenvalue weighted by Crippen LogP contribution is -2.49. The van der Waals surface area contributed by atoms with Gasteiger partial charge in [0.15, 0.2) is 5.82 Å². The fourth-order valence-corrected chi connectivity index (χ4v) is 3.49. The first-order valence-electron chi connectivity index (χ1n) is 10.8. The minimum absolute atomic E-state index is 0.0941. The van der Waals surface area contributed by atoms with Crippen LogP contribution in [0.4, 0.5) is 9.18 Å². The molecule has 168 valence electrons. The summed E-state index contributed by atoms with van der Waals surface area (Å²) in [6.45, 7) is 7.41. The highest BCUT2D eigenvalue weighted by atomic mass is 19.1. The first-order chi connectivity index (χ1) is 14.9. The van der Waals surface area contributed by atoms with Gasteiger partial charge in [0.1, 0.15) is 11.6 Å². The molecule has 0 saturated carbocycles. The molecule has 8 heteroatoms. The second-order valence-electron chi connectivity index (χ2n) is 8.49. The van der Waals surface area contributed by atoms with Crippen molar-refractivity contribution in [1.82, 2.24) is 25.1 Å². The zero-order valence-electron chi connectivity index (χ0n) is 18.6. The van der Waals surface area contributed by atoms with Crippen molar-refractivity contribution in [1.29, 1.82) is 0 Å². The van der Waals surface area contributed by atoms with Gasteiger partial charge in [0.2, 0.25) is 0 Å². The third-order valence-corrected chi connectivity index (χ3v) is 5.33. The molecule has 1 aliphatic heterocycles. The van der Waals surface area contributed by atoms with E-state index in [9.17, 15) is 9.18 Å². The predicted molar refractivity (Wildman–Crippen MR) is 117 cm³/mol. The van der Waals surface area contributed by atoms with E-state index < -0.39 is 5.82 Å². The minimum atomic E-state index is -0.486. The Hall–Kier alpha value is -2.74. The molecule has 1 saturated heterocycles. The summed E-state index contributed by atoms with van der Waals surface area (Å²) < 4.78 is 18.9. The van der Waals surface area contributed by atoms with Crippen LogP contribution in [0.1, 0.15) is 38.1 Å². The SMILES string of the molecule is CC(C)COc1ccc(CNC(=O)N(Cc2ncc(F)cn2)C2CCN(C)CC2)cc1. The van der Waals surface area contributed by atoms with Crippen molar-refractivity contribution in [2.75, 3.05) is 26.7 Å². The van der Waals surface area contributed by atoms with Gasteiger partial charge in [-0.1, -0.05) is 26.0 Å². The summed E-state index contributed by atoms with van der Waals surface area (Å²) >= 11 is 0. The molecule has 3 rings (SSSR count). The van der Waals surface area contributed by atoms with Gasteiger partial charge in [-0.2, -0.15) is 0 Å². The Morgan fingerprint density at radius 1 is 1.23 bits per heavy atom. The Morgan fingerprint density at radius 2 is 1.87 bits per heavy atom. The van der Waals surface area contributed by atoms with Crippen LogP contribution in [-0.4, -0.2) is 58.6 Å². The molecule has 0 radical (unpaired) electrons. The molecule has 0 atom stereocenters. The average Bonchev–Trinajstić information content (AvgIpc) is 2.77. The zero-order chi connectivity index (χ0) is 22.2. The number of aromatic nitrogens is 2. The summed E-state index contributed by atoms with van der Waals surface area (Å²) in [6, 6.07) is 7.69. The van der Waals surface area contributed by atoms with Crippen molar-refractivity contribution in [3.05, 3.63) is 53.9 Å². The fourth-order valence-electron chi connectivity index (χ4n) is 3.49. The van der Waals surface area contributed by atoms with E-state index in [0.29, 0.717) is 24.9 Å². The molecule has 0 aliphatic carbocycles. The van der Waals surface area contributed by atoms with Gasteiger partial charge >= 0.3 is 6.03 Å². The van der Waals surface area contributed by atoms with E-state index in [-0.39, 0.29) is 18.6 Å². The third-order valence-electron chi connectivity index (χ3n) is 5.33. The van der Waals surface area contributed by atoms with Crippen LogP contribution in [-0.2, 0) is 13.1 Å². The summed E-state index contributed by atoms with van der Waals surface area (Å²) in [4.78, 5) is 25.2. The molecule has 31 heavy (non-hydrogen) atoms. The maximum atomic E-state index is 13.2. The van der Waals surface area contributed by atoms with Crippen LogP contribution in [0.25, 0.3) is 0 Å². The van der Waals surface area contributed by atoms with Crippen LogP contribution >= 0.6 is 0 Å². The maximum Gasteiger partial charge on any atom is 0.318 e. The highest BCUT2D eigenvalue weighted by Crippen LogP contribution is 2.18. The summed E-state index contributed by atoms with van der Waals surface area (Å²) in [7, 11) is 2.08. The number of carbonyl (C=O) groups excluding carboxylic acids is 1. The van der Waals surface area contributed by atoms with Crippen LogP contribution in [0, 0.1) is 11.7 Å². The third kappa shape index (κ3) is 7.17. The number of nitrogens with one attached hydrogen (secondary N) is 1. The van der Waals surface area contributed by atoms with E-state index in [1.807, 2.05) is 24.3 Å². The standard InChI is InChI=1S/C23H32FN5O2/c1-17(2)16-31-21-6-4-18(5-7-21)12-27-23(30)29(20-8-10-28(3)11-9-20)15-22-25-13-19(24)14-26-22/h4-7,13-14,17,20H,8-12,15-16H2,1-3H3,(H,27,30). The molecule has 0 unspecified atom stereocenters. The van der Waals surface area contributed by atoms with Crippen molar-refractivity contribution >= 4 is 6.03 Å². The molecule has 1 fully saturated rings. The van der Waals surface area contributed by atoms with Gasteiger partial charge < -0.3 is 19.9 Å². The molecule has 2 amide bonds. The smallest absolute Gasteiger partial charge is 0.318 e. The Morgan fingerprint density at radius 3 is 2.48 bits per heavy atom. The van der Waals surface area contributed by atoms with Crippen molar-refractivity contribution in [2.45, 2.75) is 45.8 Å². The molecular weight excluding hydrogens is 397 g/mol. The number of ether oxygens (including phenoxy) is 1. The second kappa shape index (κ2) is 11.0. The van der Waals surface area contributed by atoms with Gasteiger partial charge in [0.25, 0.3) is 0 Å². The van der Waals surface area contributed by atoms with Gasteiger partial charge in [-0.05, 0) is 56.6 Å². The number of benzene rings is 1. The van der Waals surface area contributed by atoms with Crippen LogP contribution < -0.4 is 10.1 Å². The first-order valence-corrected chi connectivity index (χ1v) is 10.8. The molecule has 2 aromatic rings. The van der Waals surface area contributed by atoms with Gasteiger partial charge in [0.05, 0.1) is 25.5 Å². The summed E-state index contributed by atoms with van der Waals surface area (Å²) in [5, 5.41) is 3.01. The van der Waals surface area contributed by atoms with E-state index in [1.54, 1.807) is 4.90 Å².